The van der Waals surface area contributed by atoms with Crippen molar-refractivity contribution in [3.63, 3.8) is 0 Å². The van der Waals surface area contributed by atoms with Crippen LogP contribution in [0.2, 0.25) is 0 Å². The molecule has 0 saturated heterocycles. The van der Waals surface area contributed by atoms with Gasteiger partial charge in [-0.3, -0.25) is 29.0 Å². The zero-order valence-corrected chi connectivity index (χ0v) is 38.9. The van der Waals surface area contributed by atoms with Crippen LogP contribution in [0.15, 0.2) is 12.1 Å². The lowest BCUT2D eigenvalue weighted by atomic mass is 9.87. The zero-order valence-electron chi connectivity index (χ0n) is 38.9. The maximum absolute atomic E-state index is 14.5. The Morgan fingerprint density at radius 3 is 1.17 bits per heavy atom. The molecule has 0 fully saturated rings. The number of carbonyl (C=O) groups excluding carboxylic acids is 4. The van der Waals surface area contributed by atoms with Gasteiger partial charge < -0.3 is 0 Å². The van der Waals surface area contributed by atoms with Gasteiger partial charge in [0, 0.05) is 29.4 Å². The Bertz CT molecular complexity index is 1600. The van der Waals surface area contributed by atoms with Crippen LogP contribution in [-0.4, -0.2) is 46.5 Å². The Morgan fingerprint density at radius 1 is 0.417 bits per heavy atom. The highest BCUT2D eigenvalue weighted by molar-refractivity contribution is 6.33. The number of amides is 4. The molecule has 2 aromatic rings. The highest BCUT2D eigenvalue weighted by Crippen LogP contribution is 2.39. The molecule has 0 aliphatic carbocycles. The highest BCUT2D eigenvalue weighted by atomic mass is 16.2. The molecular formula is C54H84N2O4. The van der Waals surface area contributed by atoms with Gasteiger partial charge in [-0.1, -0.05) is 207 Å². The first-order valence-electron chi connectivity index (χ1n) is 25.5. The van der Waals surface area contributed by atoms with Crippen LogP contribution < -0.4 is 0 Å². The van der Waals surface area contributed by atoms with Crippen molar-refractivity contribution < 1.29 is 19.2 Å². The Labute approximate surface area is 366 Å². The molecule has 60 heavy (non-hydrogen) atoms. The molecular weight excluding hydrogens is 741 g/mol. The number of nitrogens with zero attached hydrogens (tertiary/aromatic N) is 2. The first kappa shape index (κ1) is 49.6. The number of hydrogen-bond donors (Lipinski definition) is 0. The molecule has 2 unspecified atom stereocenters. The van der Waals surface area contributed by atoms with E-state index in [0.29, 0.717) is 40.6 Å². The van der Waals surface area contributed by atoms with E-state index in [2.05, 4.69) is 39.8 Å². The minimum atomic E-state index is -0.355. The smallest absolute Gasteiger partial charge is 0.262 e. The standard InChI is InChI=1S/C54H84N2O4/c1-5-9-13-17-21-23-27-31-35-43(34-29-25-19-15-11-7-3)41-55-51(57)46-39-33-38-45-49(46)47(52(55)58)40-48-50(45)54(60)56(53(48)59)42-44(36-30-26-20-16-12-8-4)37-32-28-24-22-18-14-10-6-2/h33,40,43-44H,5-32,34-37,41-42H2,1-4H3. The van der Waals surface area contributed by atoms with E-state index in [1.807, 2.05) is 0 Å². The molecule has 0 N–H and O–H groups in total. The molecule has 2 aliphatic heterocycles. The summed E-state index contributed by atoms with van der Waals surface area (Å²) in [5, 5.41) is 0.847. The number of unbranched alkanes of at least 4 members (excludes halogenated alkanes) is 24. The first-order chi connectivity index (χ1) is 29.4. The van der Waals surface area contributed by atoms with E-state index < -0.39 is 0 Å². The Morgan fingerprint density at radius 2 is 0.767 bits per heavy atom. The van der Waals surface area contributed by atoms with E-state index >= 15 is 0 Å². The van der Waals surface area contributed by atoms with Gasteiger partial charge in [-0.15, -0.1) is 0 Å². The fourth-order valence-corrected chi connectivity index (χ4v) is 9.88. The predicted octanol–water partition coefficient (Wildman–Crippen LogP) is 15.4. The van der Waals surface area contributed by atoms with Crippen molar-refractivity contribution in [2.24, 2.45) is 11.8 Å². The Balaban J connectivity index is 1.48. The van der Waals surface area contributed by atoms with Crippen LogP contribution in [0.25, 0.3) is 10.8 Å². The van der Waals surface area contributed by atoms with Gasteiger partial charge in [0.1, 0.15) is 0 Å². The SMILES string of the molecule is CCCCCCCCCCC(CCCCCCCC)CN1C(=O)c2cc3c4c([c]c[c]c4c2C1=O)C(=O)N(CC(CCCCCCCC)CCCCCCCCCC)C3=O. The topological polar surface area (TPSA) is 74.8 Å². The van der Waals surface area contributed by atoms with E-state index in [0.717, 1.165) is 51.4 Å². The fraction of sp³-hybridized carbons (Fsp3) is 0.741. The van der Waals surface area contributed by atoms with Crippen LogP contribution in [-0.2, 0) is 0 Å². The summed E-state index contributed by atoms with van der Waals surface area (Å²) in [6.45, 7) is 9.77. The van der Waals surface area contributed by atoms with Crippen molar-refractivity contribution >= 4 is 34.4 Å². The van der Waals surface area contributed by atoms with Gasteiger partial charge in [0.2, 0.25) is 0 Å². The van der Waals surface area contributed by atoms with E-state index in [4.69, 9.17) is 0 Å². The molecule has 0 saturated carbocycles. The number of benzene rings is 2. The maximum atomic E-state index is 14.5. The van der Waals surface area contributed by atoms with Crippen LogP contribution >= 0.6 is 0 Å². The minimum absolute atomic E-state index is 0.231. The van der Waals surface area contributed by atoms with E-state index in [-0.39, 0.29) is 41.0 Å². The Hall–Kier alpha value is -3.02. The van der Waals surface area contributed by atoms with Crippen LogP contribution in [0, 0.1) is 24.0 Å². The van der Waals surface area contributed by atoms with Gasteiger partial charge in [0.05, 0.1) is 16.7 Å². The van der Waals surface area contributed by atoms with Gasteiger partial charge >= 0.3 is 0 Å². The van der Waals surface area contributed by atoms with E-state index in [1.54, 1.807) is 12.1 Å². The zero-order chi connectivity index (χ0) is 43.0. The summed E-state index contributed by atoms with van der Waals surface area (Å²) in [5.41, 5.74) is 1.24. The summed E-state index contributed by atoms with van der Waals surface area (Å²) in [5.74, 6) is -0.845. The highest BCUT2D eigenvalue weighted by Gasteiger charge is 2.42. The van der Waals surface area contributed by atoms with Crippen LogP contribution in [0.5, 0.6) is 0 Å². The second kappa shape index (κ2) is 28.6. The molecule has 0 aromatic heterocycles. The molecule has 2 radical (unpaired) electrons. The summed E-state index contributed by atoms with van der Waals surface area (Å²) in [6.07, 6.45) is 38.6. The largest absolute Gasteiger partial charge is 0.274 e. The van der Waals surface area contributed by atoms with Crippen molar-refractivity contribution in [3.8, 4) is 0 Å². The first-order valence-corrected chi connectivity index (χ1v) is 25.5. The molecule has 4 rings (SSSR count). The molecule has 0 bridgehead atoms. The van der Waals surface area contributed by atoms with Crippen molar-refractivity contribution in [1.82, 2.24) is 9.80 Å². The lowest BCUT2D eigenvalue weighted by molar-refractivity contribution is 0.0574. The van der Waals surface area contributed by atoms with Gasteiger partial charge in [0.25, 0.3) is 23.6 Å². The van der Waals surface area contributed by atoms with Gasteiger partial charge in [0.15, 0.2) is 0 Å². The van der Waals surface area contributed by atoms with Gasteiger partial charge in [-0.2, -0.15) is 0 Å². The van der Waals surface area contributed by atoms with Crippen molar-refractivity contribution in [2.75, 3.05) is 13.1 Å². The molecule has 334 valence electrons. The third kappa shape index (κ3) is 15.1. The average Bonchev–Trinajstić information content (AvgIpc) is 3.49. The lowest BCUT2D eigenvalue weighted by Crippen LogP contribution is -2.43. The summed E-state index contributed by atoms with van der Waals surface area (Å²) < 4.78 is 0. The second-order valence-electron chi connectivity index (χ2n) is 18.7. The molecule has 2 atom stereocenters. The summed E-state index contributed by atoms with van der Waals surface area (Å²) in [4.78, 5) is 60.2. The third-order valence-corrected chi connectivity index (χ3v) is 13.6. The maximum Gasteiger partial charge on any atom is 0.262 e. The average molecular weight is 825 g/mol. The van der Waals surface area contributed by atoms with Crippen molar-refractivity contribution in [2.45, 2.75) is 233 Å². The van der Waals surface area contributed by atoms with Crippen LogP contribution in [0.1, 0.15) is 275 Å². The molecule has 2 aromatic carbocycles. The van der Waals surface area contributed by atoms with Gasteiger partial charge in [-0.05, 0) is 61.8 Å². The number of carbonyl (C=O) groups is 4. The third-order valence-electron chi connectivity index (χ3n) is 13.6. The second-order valence-corrected chi connectivity index (χ2v) is 18.7. The molecule has 4 amide bonds. The number of hydrogen-bond acceptors (Lipinski definition) is 4. The molecule has 2 heterocycles. The van der Waals surface area contributed by atoms with Crippen LogP contribution in [0.3, 0.4) is 0 Å². The quantitative estimate of drug-likeness (QED) is 0.0507. The molecule has 6 heteroatoms. The normalized spacial score (nSPS) is 14.9. The summed E-state index contributed by atoms with van der Waals surface area (Å²) >= 11 is 0. The number of fused-ring (bicyclic) bond motifs is 2. The van der Waals surface area contributed by atoms with E-state index in [1.165, 1.54) is 164 Å². The van der Waals surface area contributed by atoms with Crippen molar-refractivity contribution in [3.05, 3.63) is 46.5 Å². The number of imide groups is 2. The monoisotopic (exact) mass is 825 g/mol. The molecule has 0 spiro atoms. The molecule has 6 nitrogen and oxygen atoms in total. The predicted molar refractivity (Wildman–Crippen MR) is 250 cm³/mol. The van der Waals surface area contributed by atoms with E-state index in [9.17, 15) is 19.2 Å². The summed E-state index contributed by atoms with van der Waals surface area (Å²) in [7, 11) is 0. The van der Waals surface area contributed by atoms with Crippen molar-refractivity contribution in [1.29, 1.82) is 0 Å². The van der Waals surface area contributed by atoms with Crippen LogP contribution in [0.4, 0.5) is 0 Å². The minimum Gasteiger partial charge on any atom is -0.274 e. The number of rotatable bonds is 36. The lowest BCUT2D eigenvalue weighted by Gasteiger charge is -2.31. The summed E-state index contributed by atoms with van der Waals surface area (Å²) in [6, 6.07) is 9.50. The Kier molecular flexibility index (Phi) is 23.6. The fourth-order valence-electron chi connectivity index (χ4n) is 9.88. The molecule has 2 aliphatic rings. The van der Waals surface area contributed by atoms with Gasteiger partial charge in [-0.25, -0.2) is 0 Å².